The van der Waals surface area contributed by atoms with Gasteiger partial charge in [0.25, 0.3) is 6.43 Å². The number of hydrogen-bond acceptors (Lipinski definition) is 3. The van der Waals surface area contributed by atoms with Crippen LogP contribution in [0.4, 0.5) is 8.78 Å². The SMILES string of the molecule is NS(=O)(=O)c1ccc(-c2c(C(F)F)cnn2-c2ccccc2)cc1. The average Bonchev–Trinajstić information content (AvgIpc) is 3.00. The van der Waals surface area contributed by atoms with Crippen molar-refractivity contribution < 1.29 is 17.2 Å². The summed E-state index contributed by atoms with van der Waals surface area (Å²) in [7, 11) is -3.85. The Kier molecular flexibility index (Phi) is 4.16. The van der Waals surface area contributed by atoms with Crippen LogP contribution in [0, 0.1) is 0 Å². The molecule has 8 heteroatoms. The lowest BCUT2D eigenvalue weighted by molar-refractivity contribution is 0.152. The topological polar surface area (TPSA) is 78.0 Å². The molecule has 0 aliphatic carbocycles. The number of benzene rings is 2. The molecule has 1 heterocycles. The van der Waals surface area contributed by atoms with Crippen LogP contribution < -0.4 is 5.14 Å². The van der Waals surface area contributed by atoms with Crippen LogP contribution in [0.5, 0.6) is 0 Å². The van der Waals surface area contributed by atoms with E-state index in [9.17, 15) is 17.2 Å². The van der Waals surface area contributed by atoms with Gasteiger partial charge in [0.15, 0.2) is 0 Å². The van der Waals surface area contributed by atoms with Crippen molar-refractivity contribution in [1.82, 2.24) is 9.78 Å². The van der Waals surface area contributed by atoms with Crippen molar-refractivity contribution in [2.75, 3.05) is 0 Å². The summed E-state index contributed by atoms with van der Waals surface area (Å²) in [6.45, 7) is 0. The second-order valence-corrected chi connectivity index (χ2v) is 6.63. The molecular weight excluding hydrogens is 336 g/mol. The number of nitrogens with zero attached hydrogens (tertiary/aromatic N) is 2. The second kappa shape index (κ2) is 6.14. The summed E-state index contributed by atoms with van der Waals surface area (Å²) < 4.78 is 50.7. The van der Waals surface area contributed by atoms with E-state index in [2.05, 4.69) is 5.10 Å². The molecule has 2 aromatic carbocycles. The molecule has 3 rings (SSSR count). The molecule has 124 valence electrons. The Morgan fingerprint density at radius 1 is 1.00 bits per heavy atom. The van der Waals surface area contributed by atoms with Gasteiger partial charge in [0.05, 0.1) is 28.0 Å². The molecule has 0 aliphatic heterocycles. The normalized spacial score (nSPS) is 11.8. The number of alkyl halides is 2. The summed E-state index contributed by atoms with van der Waals surface area (Å²) >= 11 is 0. The fraction of sp³-hybridized carbons (Fsp3) is 0.0625. The lowest BCUT2D eigenvalue weighted by atomic mass is 10.1. The highest BCUT2D eigenvalue weighted by Gasteiger charge is 2.21. The van der Waals surface area contributed by atoms with E-state index >= 15 is 0 Å². The van der Waals surface area contributed by atoms with Gasteiger partial charge < -0.3 is 0 Å². The quantitative estimate of drug-likeness (QED) is 0.786. The van der Waals surface area contributed by atoms with Gasteiger partial charge in [0.1, 0.15) is 0 Å². The third-order valence-electron chi connectivity index (χ3n) is 3.49. The molecule has 24 heavy (non-hydrogen) atoms. The number of halogens is 2. The molecule has 0 spiro atoms. The van der Waals surface area contributed by atoms with Crippen molar-refractivity contribution in [2.45, 2.75) is 11.3 Å². The lowest BCUT2D eigenvalue weighted by Crippen LogP contribution is -2.11. The summed E-state index contributed by atoms with van der Waals surface area (Å²) in [5.41, 5.74) is 1.01. The molecule has 0 fully saturated rings. The second-order valence-electron chi connectivity index (χ2n) is 5.07. The van der Waals surface area contributed by atoms with E-state index in [0.29, 0.717) is 11.3 Å². The largest absolute Gasteiger partial charge is 0.267 e. The van der Waals surface area contributed by atoms with E-state index in [0.717, 1.165) is 6.20 Å². The number of sulfonamides is 1. The van der Waals surface area contributed by atoms with Crippen LogP contribution in [0.2, 0.25) is 0 Å². The Morgan fingerprint density at radius 2 is 1.62 bits per heavy atom. The van der Waals surface area contributed by atoms with E-state index in [4.69, 9.17) is 5.14 Å². The van der Waals surface area contributed by atoms with Crippen molar-refractivity contribution >= 4 is 10.0 Å². The predicted octanol–water partition coefficient (Wildman–Crippen LogP) is 3.12. The number of hydrogen-bond donors (Lipinski definition) is 1. The maximum atomic E-state index is 13.3. The Morgan fingerprint density at radius 3 is 2.17 bits per heavy atom. The number of rotatable bonds is 4. The third-order valence-corrected chi connectivity index (χ3v) is 4.42. The van der Waals surface area contributed by atoms with Crippen molar-refractivity contribution in [3.63, 3.8) is 0 Å². The highest BCUT2D eigenvalue weighted by Crippen LogP contribution is 2.33. The molecule has 0 atom stereocenters. The van der Waals surface area contributed by atoms with Crippen molar-refractivity contribution in [3.8, 4) is 16.9 Å². The van der Waals surface area contributed by atoms with Gasteiger partial charge in [-0.3, -0.25) is 0 Å². The van der Waals surface area contributed by atoms with Gasteiger partial charge in [-0.1, -0.05) is 30.3 Å². The zero-order valence-corrected chi connectivity index (χ0v) is 13.1. The monoisotopic (exact) mass is 349 g/mol. The Balaban J connectivity index is 2.17. The van der Waals surface area contributed by atoms with Gasteiger partial charge in [-0.25, -0.2) is 27.0 Å². The van der Waals surface area contributed by atoms with Crippen LogP contribution in [0.1, 0.15) is 12.0 Å². The van der Waals surface area contributed by atoms with Crippen molar-refractivity contribution in [2.24, 2.45) is 5.14 Å². The van der Waals surface area contributed by atoms with Gasteiger partial charge >= 0.3 is 0 Å². The molecule has 2 N–H and O–H groups in total. The van der Waals surface area contributed by atoms with Gasteiger partial charge in [0, 0.05) is 5.56 Å². The van der Waals surface area contributed by atoms with Gasteiger partial charge in [-0.2, -0.15) is 5.10 Å². The summed E-state index contributed by atoms with van der Waals surface area (Å²) in [6.07, 6.45) is -1.60. The fourth-order valence-electron chi connectivity index (χ4n) is 2.38. The first-order valence-corrected chi connectivity index (χ1v) is 8.47. The highest BCUT2D eigenvalue weighted by molar-refractivity contribution is 7.89. The number of aromatic nitrogens is 2. The maximum Gasteiger partial charge on any atom is 0.267 e. The maximum absolute atomic E-state index is 13.3. The van der Waals surface area contributed by atoms with Crippen LogP contribution >= 0.6 is 0 Å². The molecule has 0 amide bonds. The average molecular weight is 349 g/mol. The number of nitrogens with two attached hydrogens (primary N) is 1. The molecular formula is C16H13F2N3O2S. The third kappa shape index (κ3) is 3.06. The molecule has 0 radical (unpaired) electrons. The lowest BCUT2D eigenvalue weighted by Gasteiger charge is -2.10. The molecule has 1 aromatic heterocycles. The standard InChI is InChI=1S/C16H13F2N3O2S/c17-16(18)14-10-20-21(12-4-2-1-3-5-12)15(14)11-6-8-13(9-7-11)24(19,22)23/h1-10,16H,(H2,19,22,23). The Hall–Kier alpha value is -2.58. The zero-order chi connectivity index (χ0) is 17.3. The first kappa shape index (κ1) is 16.3. The van der Waals surface area contributed by atoms with E-state index in [1.54, 1.807) is 24.3 Å². The van der Waals surface area contributed by atoms with Crippen LogP contribution in [0.25, 0.3) is 16.9 Å². The van der Waals surface area contributed by atoms with E-state index < -0.39 is 16.4 Å². The van der Waals surface area contributed by atoms with Crippen LogP contribution in [0.15, 0.2) is 65.7 Å². The molecule has 0 saturated heterocycles. The van der Waals surface area contributed by atoms with Gasteiger partial charge in [-0.15, -0.1) is 0 Å². The predicted molar refractivity (Wildman–Crippen MR) is 85.3 cm³/mol. The Labute approximate surface area is 137 Å². The smallest absolute Gasteiger partial charge is 0.233 e. The summed E-state index contributed by atoms with van der Waals surface area (Å²) in [5, 5.41) is 9.11. The summed E-state index contributed by atoms with van der Waals surface area (Å²) in [4.78, 5) is -0.0874. The molecule has 0 aliphatic rings. The zero-order valence-electron chi connectivity index (χ0n) is 12.3. The van der Waals surface area contributed by atoms with Crippen molar-refractivity contribution in [3.05, 3.63) is 66.4 Å². The highest BCUT2D eigenvalue weighted by atomic mass is 32.2. The van der Waals surface area contributed by atoms with Gasteiger partial charge in [-0.05, 0) is 24.3 Å². The summed E-state index contributed by atoms with van der Waals surface area (Å²) in [5.74, 6) is 0. The first-order chi connectivity index (χ1) is 11.4. The minimum absolute atomic E-state index is 0.0874. The van der Waals surface area contributed by atoms with E-state index in [1.807, 2.05) is 6.07 Å². The molecule has 0 bridgehead atoms. The van der Waals surface area contributed by atoms with Gasteiger partial charge in [0.2, 0.25) is 10.0 Å². The van der Waals surface area contributed by atoms with Crippen LogP contribution in [-0.2, 0) is 10.0 Å². The molecule has 5 nitrogen and oxygen atoms in total. The van der Waals surface area contributed by atoms with Crippen molar-refractivity contribution in [1.29, 1.82) is 0 Å². The van der Waals surface area contributed by atoms with E-state index in [1.165, 1.54) is 28.9 Å². The first-order valence-electron chi connectivity index (χ1n) is 6.92. The molecule has 0 unspecified atom stereocenters. The Bertz CT molecular complexity index is 953. The minimum Gasteiger partial charge on any atom is -0.233 e. The van der Waals surface area contributed by atoms with E-state index in [-0.39, 0.29) is 16.2 Å². The number of primary sulfonamides is 1. The van der Waals surface area contributed by atoms with Crippen LogP contribution in [0.3, 0.4) is 0 Å². The molecule has 3 aromatic rings. The molecule has 0 saturated carbocycles. The summed E-state index contributed by atoms with van der Waals surface area (Å²) in [6, 6.07) is 14.3. The van der Waals surface area contributed by atoms with Crippen LogP contribution in [-0.4, -0.2) is 18.2 Å². The minimum atomic E-state index is -3.85. The fourth-order valence-corrected chi connectivity index (χ4v) is 2.89. The number of para-hydroxylation sites is 1.